The number of anilines is 1. The summed E-state index contributed by atoms with van der Waals surface area (Å²) in [5, 5.41) is 6.35. The van der Waals surface area contributed by atoms with Crippen molar-refractivity contribution < 1.29 is 14.3 Å². The van der Waals surface area contributed by atoms with Crippen LogP contribution in [0.25, 0.3) is 10.9 Å². The Balaban J connectivity index is 1.59. The first kappa shape index (κ1) is 15.6. The van der Waals surface area contributed by atoms with E-state index in [9.17, 15) is 9.59 Å². The van der Waals surface area contributed by atoms with Gasteiger partial charge in [-0.05, 0) is 36.4 Å². The van der Waals surface area contributed by atoms with E-state index in [2.05, 4.69) is 15.6 Å². The Labute approximate surface area is 138 Å². The monoisotopic (exact) mass is 323 g/mol. The molecule has 122 valence electrons. The number of amides is 2. The second-order valence-electron chi connectivity index (χ2n) is 5.21. The summed E-state index contributed by atoms with van der Waals surface area (Å²) in [5.74, 6) is -0.190. The van der Waals surface area contributed by atoms with Gasteiger partial charge < -0.3 is 20.4 Å². The van der Waals surface area contributed by atoms with Crippen LogP contribution in [0.15, 0.2) is 54.7 Å². The van der Waals surface area contributed by atoms with Crippen LogP contribution in [0.4, 0.5) is 5.69 Å². The van der Waals surface area contributed by atoms with Crippen molar-refractivity contribution in [3.8, 4) is 5.75 Å². The SMILES string of the molecule is COc1ccccc1C(=O)NCC(=O)Nc1ccc2[nH]ccc2c1. The summed E-state index contributed by atoms with van der Waals surface area (Å²) < 4.78 is 5.14. The molecule has 0 spiro atoms. The Morgan fingerprint density at radius 2 is 1.96 bits per heavy atom. The van der Waals surface area contributed by atoms with Gasteiger partial charge in [0.05, 0.1) is 19.2 Å². The molecule has 24 heavy (non-hydrogen) atoms. The lowest BCUT2D eigenvalue weighted by Crippen LogP contribution is -2.33. The third-order valence-electron chi connectivity index (χ3n) is 3.60. The van der Waals surface area contributed by atoms with Gasteiger partial charge in [-0.1, -0.05) is 12.1 Å². The molecule has 0 aliphatic heterocycles. The lowest BCUT2D eigenvalue weighted by Gasteiger charge is -2.09. The molecule has 0 saturated heterocycles. The molecule has 0 atom stereocenters. The van der Waals surface area contributed by atoms with Crippen LogP contribution in [0.1, 0.15) is 10.4 Å². The molecule has 3 rings (SSSR count). The number of carbonyl (C=O) groups excluding carboxylic acids is 2. The largest absolute Gasteiger partial charge is 0.496 e. The predicted octanol–water partition coefficient (Wildman–Crippen LogP) is 2.54. The highest BCUT2D eigenvalue weighted by Crippen LogP contribution is 2.18. The van der Waals surface area contributed by atoms with Gasteiger partial charge in [0.15, 0.2) is 0 Å². The highest BCUT2D eigenvalue weighted by atomic mass is 16.5. The average Bonchev–Trinajstić information content (AvgIpc) is 3.07. The molecule has 3 aromatic rings. The molecule has 0 bridgehead atoms. The molecule has 6 nitrogen and oxygen atoms in total. The highest BCUT2D eigenvalue weighted by Gasteiger charge is 2.12. The molecule has 0 fully saturated rings. The fraction of sp³-hybridized carbons (Fsp3) is 0.111. The molecular formula is C18H17N3O3. The molecule has 0 aliphatic carbocycles. The Kier molecular flexibility index (Phi) is 4.47. The summed E-state index contributed by atoms with van der Waals surface area (Å²) in [6, 6.07) is 14.3. The number of H-pyrrole nitrogens is 1. The lowest BCUT2D eigenvalue weighted by molar-refractivity contribution is -0.115. The van der Waals surface area contributed by atoms with Gasteiger partial charge in [0, 0.05) is 22.8 Å². The van der Waals surface area contributed by atoms with Crippen molar-refractivity contribution in [2.24, 2.45) is 0 Å². The van der Waals surface area contributed by atoms with Crippen LogP contribution in [-0.2, 0) is 4.79 Å². The van der Waals surface area contributed by atoms with Crippen LogP contribution in [0.2, 0.25) is 0 Å². The first-order chi connectivity index (χ1) is 11.7. The van der Waals surface area contributed by atoms with E-state index in [1.807, 2.05) is 24.4 Å². The van der Waals surface area contributed by atoms with Gasteiger partial charge in [0.2, 0.25) is 5.91 Å². The van der Waals surface area contributed by atoms with Crippen LogP contribution in [0, 0.1) is 0 Å². The fourth-order valence-electron chi connectivity index (χ4n) is 2.42. The van der Waals surface area contributed by atoms with Crippen LogP contribution in [-0.4, -0.2) is 30.5 Å². The lowest BCUT2D eigenvalue weighted by atomic mass is 10.2. The summed E-state index contributed by atoms with van der Waals surface area (Å²) in [7, 11) is 1.50. The van der Waals surface area contributed by atoms with Gasteiger partial charge in [0.25, 0.3) is 5.91 Å². The summed E-state index contributed by atoms with van der Waals surface area (Å²) in [5.41, 5.74) is 2.07. The number of hydrogen-bond donors (Lipinski definition) is 3. The molecule has 0 unspecified atom stereocenters. The van der Waals surface area contributed by atoms with Crippen molar-refractivity contribution in [3.63, 3.8) is 0 Å². The van der Waals surface area contributed by atoms with Gasteiger partial charge in [-0.15, -0.1) is 0 Å². The van der Waals surface area contributed by atoms with E-state index in [-0.39, 0.29) is 18.4 Å². The zero-order chi connectivity index (χ0) is 16.9. The number of methoxy groups -OCH3 is 1. The minimum atomic E-state index is -0.358. The number of rotatable bonds is 5. The predicted molar refractivity (Wildman–Crippen MR) is 92.3 cm³/mol. The molecule has 0 aliphatic rings. The summed E-state index contributed by atoms with van der Waals surface area (Å²) >= 11 is 0. The van der Waals surface area contributed by atoms with E-state index in [1.165, 1.54) is 7.11 Å². The van der Waals surface area contributed by atoms with Crippen molar-refractivity contribution in [2.75, 3.05) is 19.0 Å². The number of nitrogens with one attached hydrogen (secondary N) is 3. The van der Waals surface area contributed by atoms with E-state index in [0.717, 1.165) is 10.9 Å². The first-order valence-corrected chi connectivity index (χ1v) is 7.45. The van der Waals surface area contributed by atoms with Crippen molar-refractivity contribution in [2.45, 2.75) is 0 Å². The minimum Gasteiger partial charge on any atom is -0.496 e. The Morgan fingerprint density at radius 1 is 1.12 bits per heavy atom. The van der Waals surface area contributed by atoms with E-state index < -0.39 is 0 Å². The van der Waals surface area contributed by atoms with Gasteiger partial charge >= 0.3 is 0 Å². The number of carbonyl (C=O) groups is 2. The highest BCUT2D eigenvalue weighted by molar-refractivity contribution is 6.01. The van der Waals surface area contributed by atoms with Crippen LogP contribution in [0.5, 0.6) is 5.75 Å². The maximum Gasteiger partial charge on any atom is 0.255 e. The standard InChI is InChI=1S/C18H17N3O3/c1-24-16-5-3-2-4-14(16)18(23)20-11-17(22)21-13-6-7-15-12(10-13)8-9-19-15/h2-10,19H,11H2,1H3,(H,20,23)(H,21,22). The zero-order valence-corrected chi connectivity index (χ0v) is 13.1. The Bertz CT molecular complexity index is 886. The van der Waals surface area contributed by atoms with Gasteiger partial charge in [0.1, 0.15) is 5.75 Å². The van der Waals surface area contributed by atoms with E-state index >= 15 is 0 Å². The maximum atomic E-state index is 12.1. The topological polar surface area (TPSA) is 83.2 Å². The normalized spacial score (nSPS) is 10.4. The third-order valence-corrected chi connectivity index (χ3v) is 3.60. The van der Waals surface area contributed by atoms with Gasteiger partial charge in [-0.25, -0.2) is 0 Å². The zero-order valence-electron chi connectivity index (χ0n) is 13.1. The molecular weight excluding hydrogens is 306 g/mol. The van der Waals surface area contributed by atoms with Crippen molar-refractivity contribution >= 4 is 28.4 Å². The Hall–Kier alpha value is -3.28. The second kappa shape index (κ2) is 6.87. The summed E-state index contributed by atoms with van der Waals surface area (Å²) in [6.45, 7) is -0.123. The molecule has 0 radical (unpaired) electrons. The average molecular weight is 323 g/mol. The van der Waals surface area contributed by atoms with Gasteiger partial charge in [-0.2, -0.15) is 0 Å². The maximum absolute atomic E-state index is 12.1. The number of para-hydroxylation sites is 1. The molecule has 0 saturated carbocycles. The smallest absolute Gasteiger partial charge is 0.255 e. The van der Waals surface area contributed by atoms with Crippen LogP contribution >= 0.6 is 0 Å². The number of hydrogen-bond acceptors (Lipinski definition) is 3. The molecule has 1 heterocycles. The van der Waals surface area contributed by atoms with Crippen LogP contribution < -0.4 is 15.4 Å². The quantitative estimate of drug-likeness (QED) is 0.675. The molecule has 2 aromatic carbocycles. The molecule has 6 heteroatoms. The van der Waals surface area contributed by atoms with E-state index in [0.29, 0.717) is 17.0 Å². The second-order valence-corrected chi connectivity index (χ2v) is 5.21. The number of fused-ring (bicyclic) bond motifs is 1. The fourth-order valence-corrected chi connectivity index (χ4v) is 2.42. The van der Waals surface area contributed by atoms with Crippen molar-refractivity contribution in [1.82, 2.24) is 10.3 Å². The number of benzene rings is 2. The minimum absolute atomic E-state index is 0.123. The summed E-state index contributed by atoms with van der Waals surface area (Å²) in [6.07, 6.45) is 1.84. The third kappa shape index (κ3) is 3.38. The van der Waals surface area contributed by atoms with E-state index in [1.54, 1.807) is 30.3 Å². The molecule has 2 amide bonds. The number of ether oxygens (including phenoxy) is 1. The van der Waals surface area contributed by atoms with Gasteiger partial charge in [-0.3, -0.25) is 9.59 Å². The molecule has 1 aromatic heterocycles. The Morgan fingerprint density at radius 3 is 2.79 bits per heavy atom. The van der Waals surface area contributed by atoms with Crippen LogP contribution in [0.3, 0.4) is 0 Å². The van der Waals surface area contributed by atoms with E-state index in [4.69, 9.17) is 4.74 Å². The summed E-state index contributed by atoms with van der Waals surface area (Å²) in [4.78, 5) is 27.2. The van der Waals surface area contributed by atoms with Crippen molar-refractivity contribution in [1.29, 1.82) is 0 Å². The first-order valence-electron chi connectivity index (χ1n) is 7.45. The number of aromatic nitrogens is 1. The molecule has 3 N–H and O–H groups in total. The van der Waals surface area contributed by atoms with Crippen molar-refractivity contribution in [3.05, 3.63) is 60.3 Å². The number of aromatic amines is 1.